The zero-order valence-corrected chi connectivity index (χ0v) is 14.8. The van der Waals surface area contributed by atoms with Crippen LogP contribution in [0, 0.1) is 0 Å². The van der Waals surface area contributed by atoms with Crippen LogP contribution in [-0.2, 0) is 0 Å². The maximum absolute atomic E-state index is 2.30. The van der Waals surface area contributed by atoms with Gasteiger partial charge < -0.3 is 4.90 Å². The molecule has 0 saturated carbocycles. The van der Waals surface area contributed by atoms with Gasteiger partial charge in [0.15, 0.2) is 0 Å². The summed E-state index contributed by atoms with van der Waals surface area (Å²) < 4.78 is 2.69. The maximum atomic E-state index is 2.30. The van der Waals surface area contributed by atoms with E-state index in [1.54, 1.807) is 0 Å². The molecule has 0 N–H and O–H groups in total. The highest BCUT2D eigenvalue weighted by atomic mass is 32.1. The van der Waals surface area contributed by atoms with Gasteiger partial charge in [-0.05, 0) is 35.0 Å². The van der Waals surface area contributed by atoms with E-state index in [2.05, 4.69) is 96.9 Å². The third-order valence-corrected chi connectivity index (χ3v) is 6.07. The highest BCUT2D eigenvalue weighted by Gasteiger charge is 2.12. The first-order chi connectivity index (χ1) is 12.3. The van der Waals surface area contributed by atoms with Gasteiger partial charge in [-0.15, -0.1) is 11.3 Å². The minimum absolute atomic E-state index is 1.21. The highest BCUT2D eigenvalue weighted by molar-refractivity contribution is 7.26. The fourth-order valence-corrected chi connectivity index (χ4v) is 4.77. The second-order valence-electron chi connectivity index (χ2n) is 6.34. The van der Waals surface area contributed by atoms with Crippen molar-refractivity contribution in [1.82, 2.24) is 0 Å². The van der Waals surface area contributed by atoms with Gasteiger partial charge in [-0.3, -0.25) is 0 Å². The Hall–Kier alpha value is -2.84. The first-order valence-electron chi connectivity index (χ1n) is 8.44. The topological polar surface area (TPSA) is 3.24 Å². The van der Waals surface area contributed by atoms with Gasteiger partial charge in [0, 0.05) is 28.2 Å². The molecule has 4 aromatic carbocycles. The summed E-state index contributed by atoms with van der Waals surface area (Å²) in [5.41, 5.74) is 2.47. The first-order valence-corrected chi connectivity index (χ1v) is 9.26. The smallest absolute Gasteiger partial charge is 0.0592 e. The molecular weight excluding hydrogens is 322 g/mol. The summed E-state index contributed by atoms with van der Waals surface area (Å²) in [5, 5.41) is 5.23. The molecule has 5 aromatic rings. The number of hydrogen-bond acceptors (Lipinski definition) is 2. The van der Waals surface area contributed by atoms with Crippen molar-refractivity contribution in [3.8, 4) is 0 Å². The average Bonchev–Trinajstić information content (AvgIpc) is 3.06. The Bertz CT molecular complexity index is 1220. The highest BCUT2D eigenvalue weighted by Crippen LogP contribution is 2.41. The lowest BCUT2D eigenvalue weighted by Crippen LogP contribution is -2.09. The van der Waals surface area contributed by atoms with Gasteiger partial charge in [0.25, 0.3) is 0 Å². The third kappa shape index (κ3) is 2.30. The maximum Gasteiger partial charge on any atom is 0.0592 e. The van der Waals surface area contributed by atoms with E-state index in [-0.39, 0.29) is 0 Å². The van der Waals surface area contributed by atoms with Gasteiger partial charge in [-0.1, -0.05) is 60.7 Å². The van der Waals surface area contributed by atoms with E-state index >= 15 is 0 Å². The normalized spacial score (nSPS) is 11.4. The molecule has 0 radical (unpaired) electrons. The minimum Gasteiger partial charge on any atom is -0.343 e. The van der Waals surface area contributed by atoms with Crippen molar-refractivity contribution in [2.75, 3.05) is 11.9 Å². The minimum atomic E-state index is 1.21. The van der Waals surface area contributed by atoms with E-state index in [0.29, 0.717) is 0 Å². The number of rotatable bonds is 2. The molecule has 1 heterocycles. The van der Waals surface area contributed by atoms with E-state index in [9.17, 15) is 0 Å². The van der Waals surface area contributed by atoms with Crippen molar-refractivity contribution in [2.45, 2.75) is 0 Å². The van der Waals surface area contributed by atoms with Crippen LogP contribution in [-0.4, -0.2) is 7.05 Å². The van der Waals surface area contributed by atoms with Crippen LogP contribution in [0.25, 0.3) is 30.9 Å². The summed E-state index contributed by atoms with van der Waals surface area (Å²) in [6, 6.07) is 30.4. The third-order valence-electron chi connectivity index (χ3n) is 4.87. The molecule has 1 aromatic heterocycles. The predicted octanol–water partition coefficient (Wildman–Crippen LogP) is 6.98. The number of hydrogen-bond donors (Lipinski definition) is 0. The van der Waals surface area contributed by atoms with Gasteiger partial charge in [0.2, 0.25) is 0 Å². The molecule has 1 nitrogen and oxygen atoms in total. The fourth-order valence-electron chi connectivity index (χ4n) is 3.52. The van der Waals surface area contributed by atoms with E-state index in [4.69, 9.17) is 0 Å². The van der Waals surface area contributed by atoms with Crippen LogP contribution < -0.4 is 4.90 Å². The van der Waals surface area contributed by atoms with E-state index < -0.39 is 0 Å². The SMILES string of the molecule is CN(c1ccc2ccccc2c1)c1cccc2c1sc1ccccc12. The van der Waals surface area contributed by atoms with Crippen LogP contribution in [0.5, 0.6) is 0 Å². The molecule has 0 bridgehead atoms. The molecule has 0 amide bonds. The molecule has 25 heavy (non-hydrogen) atoms. The van der Waals surface area contributed by atoms with Crippen LogP contribution >= 0.6 is 11.3 Å². The summed E-state index contributed by atoms with van der Waals surface area (Å²) in [5.74, 6) is 0. The van der Waals surface area contributed by atoms with E-state index in [1.807, 2.05) is 11.3 Å². The lowest BCUT2D eigenvalue weighted by Gasteiger charge is -2.21. The Morgan fingerprint density at radius 1 is 0.680 bits per heavy atom. The molecule has 0 aliphatic heterocycles. The van der Waals surface area contributed by atoms with Crippen molar-refractivity contribution in [2.24, 2.45) is 0 Å². The molecule has 0 atom stereocenters. The summed E-state index contributed by atoms with van der Waals surface area (Å²) in [6.07, 6.45) is 0. The van der Waals surface area contributed by atoms with E-state index in [0.717, 1.165) is 0 Å². The lowest BCUT2D eigenvalue weighted by atomic mass is 10.1. The summed E-state index contributed by atoms with van der Waals surface area (Å²) >= 11 is 1.87. The predicted molar refractivity (Wildman–Crippen MR) is 111 cm³/mol. The fraction of sp³-hybridized carbons (Fsp3) is 0.0435. The monoisotopic (exact) mass is 339 g/mol. The average molecular weight is 339 g/mol. The molecule has 0 aliphatic rings. The number of anilines is 2. The molecular formula is C23H17NS. The second kappa shape index (κ2) is 5.61. The van der Waals surface area contributed by atoms with Crippen molar-refractivity contribution >= 4 is 53.7 Å². The van der Waals surface area contributed by atoms with Crippen LogP contribution in [0.2, 0.25) is 0 Å². The van der Waals surface area contributed by atoms with Gasteiger partial charge in [-0.25, -0.2) is 0 Å². The van der Waals surface area contributed by atoms with Crippen LogP contribution in [0.3, 0.4) is 0 Å². The van der Waals surface area contributed by atoms with Crippen molar-refractivity contribution in [1.29, 1.82) is 0 Å². The standard InChI is InChI=1S/C23H17NS/c1-24(18-14-13-16-7-2-3-8-17(16)15-18)21-11-6-10-20-19-9-4-5-12-22(19)25-23(20)21/h2-15H,1H3. The molecule has 0 spiro atoms. The van der Waals surface area contributed by atoms with Gasteiger partial charge in [-0.2, -0.15) is 0 Å². The molecule has 0 fully saturated rings. The summed E-state index contributed by atoms with van der Waals surface area (Å²) in [4.78, 5) is 2.30. The number of benzene rings is 4. The largest absolute Gasteiger partial charge is 0.343 e. The number of fused-ring (bicyclic) bond motifs is 4. The second-order valence-corrected chi connectivity index (χ2v) is 7.39. The quantitative estimate of drug-likeness (QED) is 0.335. The van der Waals surface area contributed by atoms with Crippen LogP contribution in [0.1, 0.15) is 0 Å². The van der Waals surface area contributed by atoms with Crippen molar-refractivity contribution in [3.05, 3.63) is 84.9 Å². The Kier molecular flexibility index (Phi) is 3.25. The van der Waals surface area contributed by atoms with Crippen LogP contribution in [0.4, 0.5) is 11.4 Å². The zero-order valence-electron chi connectivity index (χ0n) is 13.9. The Morgan fingerprint density at radius 2 is 1.44 bits per heavy atom. The number of thiophene rings is 1. The Labute approximate surface area is 150 Å². The van der Waals surface area contributed by atoms with Gasteiger partial charge in [0.1, 0.15) is 0 Å². The lowest BCUT2D eigenvalue weighted by molar-refractivity contribution is 1.23. The molecule has 120 valence electrons. The summed E-state index contributed by atoms with van der Waals surface area (Å²) in [7, 11) is 2.16. The van der Waals surface area contributed by atoms with Gasteiger partial charge >= 0.3 is 0 Å². The van der Waals surface area contributed by atoms with E-state index in [1.165, 1.54) is 42.3 Å². The molecule has 0 aliphatic carbocycles. The number of nitrogens with zero attached hydrogens (tertiary/aromatic N) is 1. The molecule has 5 rings (SSSR count). The molecule has 0 saturated heterocycles. The van der Waals surface area contributed by atoms with Crippen molar-refractivity contribution < 1.29 is 0 Å². The molecule has 2 heteroatoms. The first kappa shape index (κ1) is 14.5. The molecule has 0 unspecified atom stereocenters. The Morgan fingerprint density at radius 3 is 2.36 bits per heavy atom. The van der Waals surface area contributed by atoms with Gasteiger partial charge in [0.05, 0.1) is 10.4 Å². The summed E-state index contributed by atoms with van der Waals surface area (Å²) in [6.45, 7) is 0. The van der Waals surface area contributed by atoms with Crippen LogP contribution in [0.15, 0.2) is 84.9 Å². The van der Waals surface area contributed by atoms with Crippen molar-refractivity contribution in [3.63, 3.8) is 0 Å². The zero-order chi connectivity index (χ0) is 16.8. The Balaban J connectivity index is 1.71.